The van der Waals surface area contributed by atoms with E-state index in [9.17, 15) is 13.2 Å². The molecule has 0 saturated carbocycles. The lowest BCUT2D eigenvalue weighted by atomic mass is 10.2. The Morgan fingerprint density at radius 1 is 1.21 bits per heavy atom. The highest BCUT2D eigenvalue weighted by Gasteiger charge is 2.25. The fourth-order valence-corrected chi connectivity index (χ4v) is 1.55. The number of hydrogen-bond acceptors (Lipinski definition) is 2. The molecule has 0 radical (unpaired) electrons. The van der Waals surface area contributed by atoms with Crippen LogP contribution in [0.15, 0.2) is 4.99 Å². The van der Waals surface area contributed by atoms with Gasteiger partial charge in [-0.3, -0.25) is 4.99 Å². The molecule has 0 fully saturated rings. The van der Waals surface area contributed by atoms with Crippen molar-refractivity contribution in [2.24, 2.45) is 4.99 Å². The van der Waals surface area contributed by atoms with Crippen molar-refractivity contribution >= 4 is 41.7 Å². The van der Waals surface area contributed by atoms with Gasteiger partial charge in [-0.15, -0.1) is 24.0 Å². The third-order valence-electron chi connectivity index (χ3n) is 2.08. The maximum atomic E-state index is 11.9. The van der Waals surface area contributed by atoms with E-state index in [1.807, 2.05) is 13.2 Å². The Morgan fingerprint density at radius 2 is 1.89 bits per heavy atom. The molecule has 0 saturated heterocycles. The van der Waals surface area contributed by atoms with E-state index >= 15 is 0 Å². The first-order valence-corrected chi connectivity index (χ1v) is 7.47. The zero-order valence-electron chi connectivity index (χ0n) is 11.3. The minimum atomic E-state index is -4.05. The van der Waals surface area contributed by atoms with Crippen LogP contribution >= 0.6 is 35.7 Å². The number of unbranched alkanes of at least 4 members (excludes halogenated alkanes) is 1. The highest BCUT2D eigenvalue weighted by atomic mass is 127. The SMILES string of the molecule is CCNC(=NCCCCC(F)(F)F)NCCSC.I. The molecule has 19 heavy (non-hydrogen) atoms. The summed E-state index contributed by atoms with van der Waals surface area (Å²) in [7, 11) is 0. The zero-order valence-corrected chi connectivity index (χ0v) is 14.5. The van der Waals surface area contributed by atoms with Crippen molar-refractivity contribution in [2.45, 2.75) is 32.4 Å². The summed E-state index contributed by atoms with van der Waals surface area (Å²) in [5, 5.41) is 6.18. The van der Waals surface area contributed by atoms with Crippen molar-refractivity contribution in [2.75, 3.05) is 31.6 Å². The van der Waals surface area contributed by atoms with Crippen LogP contribution < -0.4 is 10.6 Å². The Morgan fingerprint density at radius 3 is 2.42 bits per heavy atom. The van der Waals surface area contributed by atoms with Crippen molar-refractivity contribution in [3.05, 3.63) is 0 Å². The molecule has 2 N–H and O–H groups in total. The minimum absolute atomic E-state index is 0. The van der Waals surface area contributed by atoms with Crippen LogP contribution in [0.1, 0.15) is 26.2 Å². The van der Waals surface area contributed by atoms with Gasteiger partial charge in [-0.2, -0.15) is 24.9 Å². The van der Waals surface area contributed by atoms with Crippen molar-refractivity contribution in [1.82, 2.24) is 10.6 Å². The molecule has 0 aliphatic heterocycles. The van der Waals surface area contributed by atoms with E-state index in [1.54, 1.807) is 11.8 Å². The fraction of sp³-hybridized carbons (Fsp3) is 0.909. The van der Waals surface area contributed by atoms with Crippen LogP contribution in [0, 0.1) is 0 Å². The lowest BCUT2D eigenvalue weighted by Gasteiger charge is -2.10. The van der Waals surface area contributed by atoms with E-state index < -0.39 is 12.6 Å². The van der Waals surface area contributed by atoms with E-state index in [0.717, 1.165) is 18.8 Å². The number of guanidine groups is 1. The second kappa shape index (κ2) is 13.1. The van der Waals surface area contributed by atoms with Gasteiger partial charge in [-0.05, 0) is 26.0 Å². The average Bonchev–Trinajstić information content (AvgIpc) is 2.27. The molecular weight excluding hydrogens is 390 g/mol. The molecule has 116 valence electrons. The summed E-state index contributed by atoms with van der Waals surface area (Å²) in [5.74, 6) is 1.65. The monoisotopic (exact) mass is 413 g/mol. The number of thioether (sulfide) groups is 1. The summed E-state index contributed by atoms with van der Waals surface area (Å²) >= 11 is 1.73. The van der Waals surface area contributed by atoms with Crippen LogP contribution in [-0.4, -0.2) is 43.8 Å². The Labute approximate surface area is 134 Å². The summed E-state index contributed by atoms with van der Waals surface area (Å²) < 4.78 is 35.7. The highest BCUT2D eigenvalue weighted by molar-refractivity contribution is 14.0. The smallest absolute Gasteiger partial charge is 0.357 e. The van der Waals surface area contributed by atoms with E-state index in [1.165, 1.54) is 0 Å². The van der Waals surface area contributed by atoms with Gasteiger partial charge in [0.25, 0.3) is 0 Å². The number of halogens is 4. The lowest BCUT2D eigenvalue weighted by Crippen LogP contribution is -2.38. The van der Waals surface area contributed by atoms with Crippen molar-refractivity contribution in [3.8, 4) is 0 Å². The topological polar surface area (TPSA) is 36.4 Å². The first-order chi connectivity index (χ1) is 8.49. The van der Waals surface area contributed by atoms with Crippen LogP contribution in [0.25, 0.3) is 0 Å². The van der Waals surface area contributed by atoms with Crippen molar-refractivity contribution < 1.29 is 13.2 Å². The van der Waals surface area contributed by atoms with Gasteiger partial charge in [0, 0.05) is 31.8 Å². The summed E-state index contributed by atoms with van der Waals surface area (Å²) in [4.78, 5) is 4.22. The molecule has 0 amide bonds. The molecule has 0 aromatic rings. The molecule has 0 heterocycles. The third kappa shape index (κ3) is 16.1. The van der Waals surface area contributed by atoms with Crippen LogP contribution in [-0.2, 0) is 0 Å². The molecule has 0 aliphatic rings. The number of rotatable bonds is 8. The van der Waals surface area contributed by atoms with E-state index in [0.29, 0.717) is 18.9 Å². The molecule has 8 heteroatoms. The first-order valence-electron chi connectivity index (χ1n) is 6.07. The molecule has 0 bridgehead atoms. The zero-order chi connectivity index (χ0) is 13.9. The molecule has 0 unspecified atom stereocenters. The predicted octanol–water partition coefficient (Wildman–Crippen LogP) is 3.26. The molecule has 3 nitrogen and oxygen atoms in total. The summed E-state index contributed by atoms with van der Waals surface area (Å²) in [6, 6.07) is 0. The van der Waals surface area contributed by atoms with Gasteiger partial charge in [0.1, 0.15) is 0 Å². The molecule has 0 spiro atoms. The molecular formula is C11H23F3IN3S. The second-order valence-electron chi connectivity index (χ2n) is 3.75. The maximum absolute atomic E-state index is 11.9. The van der Waals surface area contributed by atoms with E-state index in [2.05, 4.69) is 15.6 Å². The maximum Gasteiger partial charge on any atom is 0.389 e. The number of alkyl halides is 3. The quantitative estimate of drug-likeness (QED) is 0.278. The van der Waals surface area contributed by atoms with Gasteiger partial charge >= 0.3 is 6.18 Å². The van der Waals surface area contributed by atoms with Gasteiger partial charge in [-0.1, -0.05) is 0 Å². The lowest BCUT2D eigenvalue weighted by molar-refractivity contribution is -0.135. The van der Waals surface area contributed by atoms with Gasteiger partial charge in [0.2, 0.25) is 0 Å². The Hall–Kier alpha value is 0.140. The summed E-state index contributed by atoms with van der Waals surface area (Å²) in [5.41, 5.74) is 0. The molecule has 0 atom stereocenters. The molecule has 0 aromatic carbocycles. The van der Waals surface area contributed by atoms with Crippen LogP contribution in [0.4, 0.5) is 13.2 Å². The van der Waals surface area contributed by atoms with E-state index in [4.69, 9.17) is 0 Å². The van der Waals surface area contributed by atoms with E-state index in [-0.39, 0.29) is 30.4 Å². The van der Waals surface area contributed by atoms with Gasteiger partial charge in [-0.25, -0.2) is 0 Å². The normalized spacial score (nSPS) is 11.9. The average molecular weight is 413 g/mol. The van der Waals surface area contributed by atoms with Crippen molar-refractivity contribution in [1.29, 1.82) is 0 Å². The number of aliphatic imine (C=N–C) groups is 1. The van der Waals surface area contributed by atoms with Crippen LogP contribution in [0.5, 0.6) is 0 Å². The van der Waals surface area contributed by atoms with Crippen LogP contribution in [0.2, 0.25) is 0 Å². The Kier molecular flexibility index (Phi) is 14.8. The van der Waals surface area contributed by atoms with Crippen molar-refractivity contribution in [3.63, 3.8) is 0 Å². The Balaban J connectivity index is 0. The second-order valence-corrected chi connectivity index (χ2v) is 4.74. The fourth-order valence-electron chi connectivity index (χ4n) is 1.24. The predicted molar refractivity (Wildman–Crippen MR) is 87.7 cm³/mol. The first kappa shape index (κ1) is 21.4. The van der Waals surface area contributed by atoms with Gasteiger partial charge < -0.3 is 10.6 Å². The van der Waals surface area contributed by atoms with Crippen LogP contribution in [0.3, 0.4) is 0 Å². The number of hydrogen-bond donors (Lipinski definition) is 2. The largest absolute Gasteiger partial charge is 0.389 e. The summed E-state index contributed by atoms with van der Waals surface area (Å²) in [6.45, 7) is 3.92. The summed E-state index contributed by atoms with van der Waals surface area (Å²) in [6.07, 6.45) is -2.16. The molecule has 0 rings (SSSR count). The highest BCUT2D eigenvalue weighted by Crippen LogP contribution is 2.21. The Bertz CT molecular complexity index is 238. The number of nitrogens with zero attached hydrogens (tertiary/aromatic N) is 1. The third-order valence-corrected chi connectivity index (χ3v) is 2.69. The van der Waals surface area contributed by atoms with Gasteiger partial charge in [0.05, 0.1) is 0 Å². The minimum Gasteiger partial charge on any atom is -0.357 e. The van der Waals surface area contributed by atoms with Gasteiger partial charge in [0.15, 0.2) is 5.96 Å². The molecule has 0 aliphatic carbocycles. The molecule has 0 aromatic heterocycles. The number of nitrogens with one attached hydrogen (secondary N) is 2. The standard InChI is InChI=1S/C11H22F3N3S.HI/c1-3-15-10(17-8-9-18-2)16-7-5-4-6-11(12,13)14;/h3-9H2,1-2H3,(H2,15,16,17);1H.